The highest BCUT2D eigenvalue weighted by Gasteiger charge is 2.23. The fourth-order valence-corrected chi connectivity index (χ4v) is 1.89. The highest BCUT2D eigenvalue weighted by Crippen LogP contribution is 2.25. The van der Waals surface area contributed by atoms with Crippen LogP contribution in [-0.2, 0) is 4.79 Å². The number of halogens is 2. The molecular weight excluding hydrogens is 284 g/mol. The summed E-state index contributed by atoms with van der Waals surface area (Å²) >= 11 is 0. The smallest absolute Gasteiger partial charge is 0.307 e. The van der Waals surface area contributed by atoms with E-state index in [1.54, 1.807) is 0 Å². The molecule has 1 unspecified atom stereocenters. The van der Waals surface area contributed by atoms with Crippen LogP contribution in [0.1, 0.15) is 20.3 Å². The van der Waals surface area contributed by atoms with Gasteiger partial charge < -0.3 is 11.1 Å². The Labute approximate surface area is 120 Å². The quantitative estimate of drug-likeness (QED) is 0.622. The minimum atomic E-state index is -1.30. The first-order valence-corrected chi connectivity index (χ1v) is 6.40. The monoisotopic (exact) mass is 301 g/mol. The van der Waals surface area contributed by atoms with E-state index >= 15 is 0 Å². The van der Waals surface area contributed by atoms with Gasteiger partial charge in [-0.2, -0.15) is 4.39 Å². The lowest BCUT2D eigenvalue weighted by molar-refractivity contribution is -0.387. The van der Waals surface area contributed by atoms with Crippen molar-refractivity contribution in [3.8, 4) is 0 Å². The van der Waals surface area contributed by atoms with E-state index < -0.39 is 39.8 Å². The Balaban J connectivity index is 2.99. The molecule has 6 nitrogen and oxygen atoms in total. The van der Waals surface area contributed by atoms with Gasteiger partial charge >= 0.3 is 5.69 Å². The number of nitro groups is 1. The van der Waals surface area contributed by atoms with E-state index in [2.05, 4.69) is 5.32 Å². The molecule has 0 aliphatic rings. The molecule has 0 spiro atoms. The first-order valence-electron chi connectivity index (χ1n) is 6.40. The normalized spacial score (nSPS) is 12.3. The zero-order valence-electron chi connectivity index (χ0n) is 11.7. The van der Waals surface area contributed by atoms with Gasteiger partial charge in [0.25, 0.3) is 0 Å². The maximum Gasteiger partial charge on any atom is 0.307 e. The summed E-state index contributed by atoms with van der Waals surface area (Å²) in [6, 6.07) is 1.03. The standard InChI is InChI=1S/C13H17F2N3O3/c1-7(2)3-8(6-16)13(19)17-11-5-12(18(20)21)10(15)4-9(11)14/h4-5,7-8H,3,6,16H2,1-2H3,(H,17,19). The lowest BCUT2D eigenvalue weighted by Crippen LogP contribution is -2.30. The summed E-state index contributed by atoms with van der Waals surface area (Å²) in [6.45, 7) is 3.87. The molecule has 1 rings (SSSR count). The Morgan fingerprint density at radius 1 is 1.38 bits per heavy atom. The van der Waals surface area contributed by atoms with Crippen molar-refractivity contribution in [2.24, 2.45) is 17.6 Å². The summed E-state index contributed by atoms with van der Waals surface area (Å²) in [7, 11) is 0. The fraction of sp³-hybridized carbons (Fsp3) is 0.462. The first kappa shape index (κ1) is 17.0. The third kappa shape index (κ3) is 4.45. The number of nitrogens with two attached hydrogens (primary N) is 1. The molecule has 1 atom stereocenters. The van der Waals surface area contributed by atoms with Gasteiger partial charge in [0.1, 0.15) is 5.82 Å². The topological polar surface area (TPSA) is 98.3 Å². The van der Waals surface area contributed by atoms with Crippen molar-refractivity contribution in [2.45, 2.75) is 20.3 Å². The number of carbonyl (C=O) groups excluding carboxylic acids is 1. The molecule has 0 saturated carbocycles. The number of amides is 1. The summed E-state index contributed by atoms with van der Waals surface area (Å²) in [4.78, 5) is 21.6. The summed E-state index contributed by atoms with van der Waals surface area (Å²) in [5.74, 6) is -3.27. The Morgan fingerprint density at radius 2 is 2.00 bits per heavy atom. The predicted molar refractivity (Wildman–Crippen MR) is 73.6 cm³/mol. The van der Waals surface area contributed by atoms with Crippen LogP contribution in [0.3, 0.4) is 0 Å². The zero-order chi connectivity index (χ0) is 16.2. The number of hydrogen-bond donors (Lipinski definition) is 2. The maximum absolute atomic E-state index is 13.6. The van der Waals surface area contributed by atoms with E-state index in [0.717, 1.165) is 0 Å². The lowest BCUT2D eigenvalue weighted by atomic mass is 9.96. The number of nitro benzene ring substituents is 1. The molecule has 116 valence electrons. The molecule has 21 heavy (non-hydrogen) atoms. The van der Waals surface area contributed by atoms with Gasteiger partial charge in [0.15, 0.2) is 0 Å². The second-order valence-corrected chi connectivity index (χ2v) is 5.09. The van der Waals surface area contributed by atoms with Crippen LogP contribution in [0.15, 0.2) is 12.1 Å². The molecule has 0 aromatic heterocycles. The number of carbonyl (C=O) groups is 1. The number of benzene rings is 1. The zero-order valence-corrected chi connectivity index (χ0v) is 11.7. The molecule has 1 aromatic carbocycles. The molecule has 1 aromatic rings. The van der Waals surface area contributed by atoms with Crippen LogP contribution in [0, 0.1) is 33.6 Å². The second-order valence-electron chi connectivity index (χ2n) is 5.09. The minimum Gasteiger partial charge on any atom is -0.330 e. The molecule has 8 heteroatoms. The Kier molecular flexibility index (Phi) is 5.71. The van der Waals surface area contributed by atoms with Crippen molar-refractivity contribution in [3.63, 3.8) is 0 Å². The van der Waals surface area contributed by atoms with Gasteiger partial charge in [-0.05, 0) is 12.3 Å². The average molecular weight is 301 g/mol. The Hall–Kier alpha value is -2.09. The van der Waals surface area contributed by atoms with Gasteiger partial charge in [0.05, 0.1) is 16.5 Å². The summed E-state index contributed by atoms with van der Waals surface area (Å²) < 4.78 is 26.8. The van der Waals surface area contributed by atoms with Crippen LogP contribution < -0.4 is 11.1 Å². The van der Waals surface area contributed by atoms with E-state index in [4.69, 9.17) is 5.73 Å². The molecule has 0 bridgehead atoms. The summed E-state index contributed by atoms with van der Waals surface area (Å²) in [5.41, 5.74) is 4.16. The van der Waals surface area contributed by atoms with E-state index in [1.165, 1.54) is 0 Å². The van der Waals surface area contributed by atoms with E-state index in [1.807, 2.05) is 13.8 Å². The average Bonchev–Trinajstić information content (AvgIpc) is 2.38. The molecule has 0 aliphatic carbocycles. The van der Waals surface area contributed by atoms with E-state index in [-0.39, 0.29) is 12.5 Å². The first-order chi connectivity index (χ1) is 9.76. The van der Waals surface area contributed by atoms with Crippen LogP contribution in [-0.4, -0.2) is 17.4 Å². The number of rotatable bonds is 6. The van der Waals surface area contributed by atoms with Gasteiger partial charge in [-0.1, -0.05) is 13.8 Å². The third-order valence-electron chi connectivity index (χ3n) is 2.90. The van der Waals surface area contributed by atoms with Crippen LogP contribution in [0.5, 0.6) is 0 Å². The minimum absolute atomic E-state index is 0.0644. The van der Waals surface area contributed by atoms with Crippen molar-refractivity contribution in [3.05, 3.63) is 33.9 Å². The number of hydrogen-bond acceptors (Lipinski definition) is 4. The molecule has 0 radical (unpaired) electrons. The van der Waals surface area contributed by atoms with Gasteiger partial charge in [0, 0.05) is 18.7 Å². The van der Waals surface area contributed by atoms with Crippen molar-refractivity contribution in [1.82, 2.24) is 0 Å². The van der Waals surface area contributed by atoms with E-state index in [9.17, 15) is 23.7 Å². The number of nitrogens with one attached hydrogen (secondary N) is 1. The molecule has 1 amide bonds. The number of anilines is 1. The fourth-order valence-electron chi connectivity index (χ4n) is 1.89. The van der Waals surface area contributed by atoms with Crippen LogP contribution >= 0.6 is 0 Å². The van der Waals surface area contributed by atoms with Gasteiger partial charge in [-0.25, -0.2) is 4.39 Å². The van der Waals surface area contributed by atoms with E-state index in [0.29, 0.717) is 18.6 Å². The highest BCUT2D eigenvalue weighted by molar-refractivity contribution is 5.93. The largest absolute Gasteiger partial charge is 0.330 e. The van der Waals surface area contributed by atoms with Crippen molar-refractivity contribution < 1.29 is 18.5 Å². The number of nitrogens with zero attached hydrogens (tertiary/aromatic N) is 1. The van der Waals surface area contributed by atoms with Crippen molar-refractivity contribution >= 4 is 17.3 Å². The summed E-state index contributed by atoms with van der Waals surface area (Å²) in [5, 5.41) is 12.8. The molecule has 0 heterocycles. The van der Waals surface area contributed by atoms with Gasteiger partial charge in [0.2, 0.25) is 11.7 Å². The van der Waals surface area contributed by atoms with Crippen LogP contribution in [0.25, 0.3) is 0 Å². The highest BCUT2D eigenvalue weighted by atomic mass is 19.1. The van der Waals surface area contributed by atoms with Gasteiger partial charge in [-0.15, -0.1) is 0 Å². The molecule has 0 saturated heterocycles. The van der Waals surface area contributed by atoms with Crippen molar-refractivity contribution in [2.75, 3.05) is 11.9 Å². The molecule has 3 N–H and O–H groups in total. The maximum atomic E-state index is 13.6. The van der Waals surface area contributed by atoms with Crippen LogP contribution in [0.4, 0.5) is 20.2 Å². The van der Waals surface area contributed by atoms with Crippen LogP contribution in [0.2, 0.25) is 0 Å². The Morgan fingerprint density at radius 3 is 2.48 bits per heavy atom. The molecular formula is C13H17F2N3O3. The SMILES string of the molecule is CC(C)CC(CN)C(=O)Nc1cc([N+](=O)[O-])c(F)cc1F. The second kappa shape index (κ2) is 7.07. The Bertz CT molecular complexity index is 550. The van der Waals surface area contributed by atoms with Crippen molar-refractivity contribution in [1.29, 1.82) is 0 Å². The molecule has 0 fully saturated rings. The summed E-state index contributed by atoms with van der Waals surface area (Å²) in [6.07, 6.45) is 0.493. The third-order valence-corrected chi connectivity index (χ3v) is 2.90. The molecule has 0 aliphatic heterocycles. The predicted octanol–water partition coefficient (Wildman–Crippen LogP) is 2.43. The van der Waals surface area contributed by atoms with Gasteiger partial charge in [-0.3, -0.25) is 14.9 Å². The lowest BCUT2D eigenvalue weighted by Gasteiger charge is -2.17.